The number of hydrogen-bond donors (Lipinski definition) is 0. The monoisotopic (exact) mass is 200 g/mol. The summed E-state index contributed by atoms with van der Waals surface area (Å²) in [6.07, 6.45) is 0. The Hall–Kier alpha value is 0.174. The van der Waals surface area contributed by atoms with E-state index in [0.717, 1.165) is 0 Å². The highest BCUT2D eigenvalue weighted by Gasteiger charge is 2.24. The van der Waals surface area contributed by atoms with Crippen LogP contribution in [0.4, 0.5) is 0 Å². The first-order valence-corrected chi connectivity index (χ1v) is 11.8. The summed E-state index contributed by atoms with van der Waals surface area (Å²) in [6.45, 7) is 19.3. The first kappa shape index (κ1) is 12.2. The average molecular weight is 200 g/mol. The van der Waals surface area contributed by atoms with Crippen LogP contribution in [0.3, 0.4) is 0 Å². The Morgan fingerprint density at radius 2 is 0.750 bits per heavy atom. The van der Waals surface area contributed by atoms with E-state index in [1.165, 1.54) is 0 Å². The summed E-state index contributed by atoms with van der Waals surface area (Å²) < 4.78 is 0. The van der Waals surface area contributed by atoms with Crippen molar-refractivity contribution < 1.29 is 0 Å². The van der Waals surface area contributed by atoms with Gasteiger partial charge in [0.25, 0.3) is 0 Å². The van der Waals surface area contributed by atoms with Crippen molar-refractivity contribution in [3.05, 3.63) is 10.4 Å². The molecule has 0 unspecified atom stereocenters. The van der Waals surface area contributed by atoms with Crippen LogP contribution in [0.1, 0.15) is 13.8 Å². The van der Waals surface area contributed by atoms with E-state index in [1.54, 1.807) is 10.4 Å². The van der Waals surface area contributed by atoms with Crippen LogP contribution in [0.15, 0.2) is 10.4 Å². The minimum Gasteiger partial charge on any atom is -0.0888 e. The van der Waals surface area contributed by atoms with Crippen LogP contribution in [0.25, 0.3) is 0 Å². The van der Waals surface area contributed by atoms with Gasteiger partial charge in [0.1, 0.15) is 0 Å². The number of allylic oxidation sites excluding steroid dienone is 2. The fourth-order valence-electron chi connectivity index (χ4n) is 1.12. The van der Waals surface area contributed by atoms with E-state index >= 15 is 0 Å². The molecule has 0 saturated carbocycles. The van der Waals surface area contributed by atoms with E-state index in [2.05, 4.69) is 53.1 Å². The summed E-state index contributed by atoms with van der Waals surface area (Å²) >= 11 is 0. The van der Waals surface area contributed by atoms with Gasteiger partial charge in [-0.2, -0.15) is 0 Å². The van der Waals surface area contributed by atoms with E-state index in [1.807, 2.05) is 0 Å². The van der Waals surface area contributed by atoms with Crippen molar-refractivity contribution in [2.45, 2.75) is 53.1 Å². The van der Waals surface area contributed by atoms with E-state index in [9.17, 15) is 0 Å². The molecule has 72 valence electrons. The second-order valence-corrected chi connectivity index (χ2v) is 16.2. The van der Waals surface area contributed by atoms with Gasteiger partial charge in [0.15, 0.2) is 0 Å². The zero-order valence-electron chi connectivity index (χ0n) is 10.0. The van der Waals surface area contributed by atoms with E-state index in [-0.39, 0.29) is 0 Å². The first-order valence-electron chi connectivity index (χ1n) is 4.75. The molecule has 0 aliphatic rings. The van der Waals surface area contributed by atoms with E-state index < -0.39 is 16.1 Å². The molecule has 0 aliphatic carbocycles. The molecule has 0 saturated heterocycles. The largest absolute Gasteiger partial charge is 0.0888 e. The van der Waals surface area contributed by atoms with Crippen molar-refractivity contribution in [2.24, 2.45) is 0 Å². The third kappa shape index (κ3) is 3.27. The lowest BCUT2D eigenvalue weighted by molar-refractivity contribution is 1.40. The average Bonchev–Trinajstić information content (AvgIpc) is 1.80. The summed E-state index contributed by atoms with van der Waals surface area (Å²) in [6, 6.07) is 0. The lowest BCUT2D eigenvalue weighted by Crippen LogP contribution is -2.31. The SMILES string of the molecule is C/C(=C(/C)[Si](C)(C)C)[Si](C)(C)C. The summed E-state index contributed by atoms with van der Waals surface area (Å²) in [5.41, 5.74) is 0. The molecular formula is C10H24Si2. The predicted molar refractivity (Wildman–Crippen MR) is 65.1 cm³/mol. The van der Waals surface area contributed by atoms with Gasteiger partial charge in [0.05, 0.1) is 16.1 Å². The number of rotatable bonds is 2. The zero-order chi connectivity index (χ0) is 10.2. The second kappa shape index (κ2) is 3.50. The Morgan fingerprint density at radius 3 is 0.833 bits per heavy atom. The van der Waals surface area contributed by atoms with E-state index in [4.69, 9.17) is 0 Å². The fraction of sp³-hybridized carbons (Fsp3) is 0.800. The van der Waals surface area contributed by atoms with Gasteiger partial charge in [0, 0.05) is 0 Å². The van der Waals surface area contributed by atoms with Crippen molar-refractivity contribution in [3.63, 3.8) is 0 Å². The molecule has 0 atom stereocenters. The van der Waals surface area contributed by atoms with E-state index in [0.29, 0.717) is 0 Å². The Labute approximate surface area is 80.1 Å². The van der Waals surface area contributed by atoms with Gasteiger partial charge >= 0.3 is 0 Å². The van der Waals surface area contributed by atoms with Crippen molar-refractivity contribution in [1.29, 1.82) is 0 Å². The Bertz CT molecular complexity index is 167. The quantitative estimate of drug-likeness (QED) is 0.589. The Morgan fingerprint density at radius 1 is 0.583 bits per heavy atom. The maximum atomic E-state index is 2.44. The summed E-state index contributed by atoms with van der Waals surface area (Å²) in [4.78, 5) is 0. The van der Waals surface area contributed by atoms with Gasteiger partial charge in [-0.3, -0.25) is 0 Å². The van der Waals surface area contributed by atoms with Crippen molar-refractivity contribution in [2.75, 3.05) is 0 Å². The predicted octanol–water partition coefficient (Wildman–Crippen LogP) is 4.08. The van der Waals surface area contributed by atoms with Crippen molar-refractivity contribution in [1.82, 2.24) is 0 Å². The standard InChI is InChI=1S/C10H24Si2/c1-9(11(3,4)5)10(2)12(6,7)8/h1-8H3/b10-9+. The molecule has 0 aromatic heterocycles. The summed E-state index contributed by atoms with van der Waals surface area (Å²) in [5, 5.41) is 3.45. The van der Waals surface area contributed by atoms with Gasteiger partial charge < -0.3 is 0 Å². The van der Waals surface area contributed by atoms with Gasteiger partial charge in [-0.1, -0.05) is 49.7 Å². The Balaban J connectivity index is 4.96. The maximum Gasteiger partial charge on any atom is 0.0714 e. The van der Waals surface area contributed by atoms with Crippen molar-refractivity contribution >= 4 is 16.1 Å². The van der Waals surface area contributed by atoms with Gasteiger partial charge in [-0.05, 0) is 13.8 Å². The molecule has 12 heavy (non-hydrogen) atoms. The molecule has 0 radical (unpaired) electrons. The van der Waals surface area contributed by atoms with Gasteiger partial charge in [0.2, 0.25) is 0 Å². The maximum absolute atomic E-state index is 2.44. The van der Waals surface area contributed by atoms with Crippen LogP contribution >= 0.6 is 0 Å². The molecular weight excluding hydrogens is 176 g/mol. The van der Waals surface area contributed by atoms with Crippen LogP contribution in [0.5, 0.6) is 0 Å². The van der Waals surface area contributed by atoms with Crippen LogP contribution in [-0.4, -0.2) is 16.1 Å². The smallest absolute Gasteiger partial charge is 0.0714 e. The molecule has 0 aromatic carbocycles. The third-order valence-electron chi connectivity index (χ3n) is 2.81. The highest BCUT2D eigenvalue weighted by molar-refractivity contribution is 6.89. The lowest BCUT2D eigenvalue weighted by atomic mass is 10.6. The van der Waals surface area contributed by atoms with Crippen LogP contribution in [-0.2, 0) is 0 Å². The molecule has 0 aliphatic heterocycles. The molecule has 0 aromatic rings. The Kier molecular flexibility index (Phi) is 3.55. The molecule has 0 heterocycles. The van der Waals surface area contributed by atoms with Gasteiger partial charge in [-0.25, -0.2) is 0 Å². The molecule has 0 bridgehead atoms. The normalized spacial score (nSPS) is 16.0. The summed E-state index contributed by atoms with van der Waals surface area (Å²) in [5.74, 6) is 0. The number of hydrogen-bond acceptors (Lipinski definition) is 0. The molecule has 0 spiro atoms. The molecule has 0 nitrogen and oxygen atoms in total. The molecule has 0 rings (SSSR count). The first-order chi connectivity index (χ1) is 5.07. The second-order valence-electron chi connectivity index (χ2n) is 5.75. The fourth-order valence-corrected chi connectivity index (χ4v) is 5.62. The van der Waals surface area contributed by atoms with Crippen LogP contribution in [0, 0.1) is 0 Å². The van der Waals surface area contributed by atoms with Crippen molar-refractivity contribution in [3.8, 4) is 0 Å². The highest BCUT2D eigenvalue weighted by Crippen LogP contribution is 2.24. The minimum absolute atomic E-state index is 1.02. The molecule has 0 amide bonds. The lowest BCUT2D eigenvalue weighted by Gasteiger charge is -2.27. The topological polar surface area (TPSA) is 0 Å². The highest BCUT2D eigenvalue weighted by atomic mass is 28.3. The summed E-state index contributed by atoms with van der Waals surface area (Å²) in [7, 11) is -2.04. The third-order valence-corrected chi connectivity index (χ3v) is 8.31. The van der Waals surface area contributed by atoms with Crippen LogP contribution in [0.2, 0.25) is 39.3 Å². The van der Waals surface area contributed by atoms with Gasteiger partial charge in [-0.15, -0.1) is 0 Å². The minimum atomic E-state index is -1.02. The molecule has 0 N–H and O–H groups in total. The molecule has 2 heteroatoms. The zero-order valence-corrected chi connectivity index (χ0v) is 12.0. The molecule has 0 fully saturated rings. The van der Waals surface area contributed by atoms with Crippen LogP contribution < -0.4 is 0 Å².